The van der Waals surface area contributed by atoms with E-state index in [0.717, 1.165) is 0 Å². The zero-order valence-electron chi connectivity index (χ0n) is 22.3. The number of methoxy groups -OCH3 is 1. The topological polar surface area (TPSA) is 152 Å². The summed E-state index contributed by atoms with van der Waals surface area (Å²) in [5.41, 5.74) is 0.444. The van der Waals surface area contributed by atoms with Crippen LogP contribution in [0.1, 0.15) is 45.7 Å². The lowest BCUT2D eigenvalue weighted by Gasteiger charge is -2.30. The van der Waals surface area contributed by atoms with Crippen molar-refractivity contribution in [1.82, 2.24) is 29.7 Å². The minimum absolute atomic E-state index is 0.0107. The third-order valence-electron chi connectivity index (χ3n) is 6.11. The highest BCUT2D eigenvalue weighted by atomic mass is 35.5. The van der Waals surface area contributed by atoms with Gasteiger partial charge in [-0.1, -0.05) is 17.7 Å². The van der Waals surface area contributed by atoms with Crippen molar-refractivity contribution < 1.29 is 27.4 Å². The second-order valence-corrected chi connectivity index (χ2v) is 11.7. The molecule has 1 fully saturated rings. The van der Waals surface area contributed by atoms with Gasteiger partial charge < -0.3 is 18.9 Å². The second-order valence-electron chi connectivity index (χ2n) is 9.22. The number of sulfonamides is 1. The van der Waals surface area contributed by atoms with Crippen LogP contribution in [0.4, 0.5) is 5.95 Å². The first kappa shape index (κ1) is 29.1. The van der Waals surface area contributed by atoms with Gasteiger partial charge in [-0.15, -0.1) is 10.2 Å². The molecule has 1 aliphatic heterocycles. The lowest BCUT2D eigenvalue weighted by atomic mass is 10.1. The highest BCUT2D eigenvalue weighted by molar-refractivity contribution is 7.93. The Morgan fingerprint density at radius 1 is 1.13 bits per heavy atom. The first-order chi connectivity index (χ1) is 18.6. The highest BCUT2D eigenvalue weighted by Crippen LogP contribution is 2.31. The average Bonchev–Trinajstić information content (AvgIpc) is 3.34. The van der Waals surface area contributed by atoms with Gasteiger partial charge in [-0.3, -0.25) is 9.29 Å². The van der Waals surface area contributed by atoms with Crippen molar-refractivity contribution in [3.8, 4) is 17.4 Å². The summed E-state index contributed by atoms with van der Waals surface area (Å²) in [6, 6.07) is 4.78. The summed E-state index contributed by atoms with van der Waals surface area (Å²) in [6.07, 6.45) is 1.13. The van der Waals surface area contributed by atoms with E-state index < -0.39 is 27.4 Å². The van der Waals surface area contributed by atoms with E-state index in [9.17, 15) is 8.42 Å². The van der Waals surface area contributed by atoms with E-state index >= 15 is 0 Å². The van der Waals surface area contributed by atoms with Crippen LogP contribution in [0.2, 0.25) is 5.02 Å². The molecule has 0 saturated carbocycles. The summed E-state index contributed by atoms with van der Waals surface area (Å²) in [6.45, 7) is 8.21. The van der Waals surface area contributed by atoms with Crippen LogP contribution in [-0.2, 0) is 24.2 Å². The first-order valence-electron chi connectivity index (χ1n) is 12.4. The summed E-state index contributed by atoms with van der Waals surface area (Å²) in [4.78, 5) is 12.9. The number of nitrogens with zero attached hydrogens (tertiary/aromatic N) is 6. The number of hydrogen-bond acceptors (Lipinski definition) is 11. The van der Waals surface area contributed by atoms with Crippen LogP contribution in [0.25, 0.3) is 11.5 Å². The molecule has 0 amide bonds. The van der Waals surface area contributed by atoms with Crippen molar-refractivity contribution in [1.29, 1.82) is 0 Å². The highest BCUT2D eigenvalue weighted by Gasteiger charge is 2.37. The monoisotopic (exact) mass is 581 g/mol. The van der Waals surface area contributed by atoms with Crippen molar-refractivity contribution in [2.75, 3.05) is 31.7 Å². The fourth-order valence-corrected chi connectivity index (χ4v) is 5.24. The maximum atomic E-state index is 13.7. The molecule has 39 heavy (non-hydrogen) atoms. The van der Waals surface area contributed by atoms with Gasteiger partial charge in [0.25, 0.3) is 0 Å². The predicted octanol–water partition coefficient (Wildman–Crippen LogP) is 3.07. The molecule has 0 radical (unpaired) electrons. The van der Waals surface area contributed by atoms with E-state index in [1.807, 2.05) is 6.92 Å². The molecule has 4 atom stereocenters. The molecule has 13 nitrogen and oxygen atoms in total. The maximum Gasteiger partial charge on any atom is 0.240 e. The molecule has 4 heterocycles. The van der Waals surface area contributed by atoms with Gasteiger partial charge in [-0.05, 0) is 33.8 Å². The minimum Gasteiger partial charge on any atom is -0.481 e. The van der Waals surface area contributed by atoms with E-state index in [1.165, 1.54) is 26.4 Å². The van der Waals surface area contributed by atoms with Crippen LogP contribution in [0.5, 0.6) is 5.88 Å². The van der Waals surface area contributed by atoms with Gasteiger partial charge in [0, 0.05) is 18.5 Å². The number of ether oxygens (including phenoxy) is 4. The number of aromatic nitrogens is 6. The molecule has 0 aromatic carbocycles. The molecule has 212 valence electrons. The largest absolute Gasteiger partial charge is 0.481 e. The van der Waals surface area contributed by atoms with Crippen LogP contribution in [0, 0.1) is 0 Å². The lowest BCUT2D eigenvalue weighted by molar-refractivity contribution is -0.104. The van der Waals surface area contributed by atoms with E-state index in [-0.39, 0.29) is 24.0 Å². The lowest BCUT2D eigenvalue weighted by Crippen LogP contribution is -2.37. The molecule has 3 unspecified atom stereocenters. The van der Waals surface area contributed by atoms with Crippen molar-refractivity contribution in [3.63, 3.8) is 0 Å². The number of pyridine rings is 1. The van der Waals surface area contributed by atoms with Gasteiger partial charge in [0.05, 0.1) is 44.1 Å². The van der Waals surface area contributed by atoms with Gasteiger partial charge in [-0.25, -0.2) is 23.4 Å². The smallest absolute Gasteiger partial charge is 0.240 e. The molecule has 1 aliphatic rings. The van der Waals surface area contributed by atoms with Crippen LogP contribution >= 0.6 is 11.6 Å². The van der Waals surface area contributed by atoms with Crippen LogP contribution in [-0.4, -0.2) is 82.5 Å². The van der Waals surface area contributed by atoms with Gasteiger partial charge in [0.15, 0.2) is 11.6 Å². The Balaban J connectivity index is 1.72. The molecule has 1 N–H and O–H groups in total. The Labute approximate surface area is 232 Å². The van der Waals surface area contributed by atoms with Crippen LogP contribution in [0.15, 0.2) is 30.6 Å². The van der Waals surface area contributed by atoms with E-state index in [2.05, 4.69) is 29.9 Å². The van der Waals surface area contributed by atoms with Gasteiger partial charge in [0.1, 0.15) is 23.2 Å². The number of anilines is 1. The Hall–Kier alpha value is -2.91. The van der Waals surface area contributed by atoms with E-state index in [1.54, 1.807) is 36.6 Å². The van der Waals surface area contributed by atoms with Gasteiger partial charge in [-0.2, -0.15) is 0 Å². The Morgan fingerprint density at radius 2 is 1.87 bits per heavy atom. The molecule has 1 saturated heterocycles. The fourth-order valence-electron chi connectivity index (χ4n) is 4.05. The molecule has 0 bridgehead atoms. The van der Waals surface area contributed by atoms with E-state index in [0.29, 0.717) is 42.2 Å². The zero-order chi connectivity index (χ0) is 28.2. The average molecular weight is 582 g/mol. The summed E-state index contributed by atoms with van der Waals surface area (Å²) in [5.74, 6) is 0.884. The minimum atomic E-state index is -4.11. The van der Waals surface area contributed by atoms with Gasteiger partial charge >= 0.3 is 0 Å². The van der Waals surface area contributed by atoms with Crippen molar-refractivity contribution >= 4 is 27.6 Å². The SMILES string of the molecule is COc1cccc(-c2nnc(NS(=O)(=O)C(C)C(OC(C)C)c3ncc(Cl)cn3)n2C(C)[C@H]2COCCO2)n1. The zero-order valence-corrected chi connectivity index (χ0v) is 23.9. The molecular weight excluding hydrogens is 550 g/mol. The summed E-state index contributed by atoms with van der Waals surface area (Å²) < 4.78 is 54.4. The normalized spacial score (nSPS) is 18.5. The van der Waals surface area contributed by atoms with Crippen molar-refractivity contribution in [2.45, 2.75) is 57.3 Å². The Bertz CT molecular complexity index is 1350. The summed E-state index contributed by atoms with van der Waals surface area (Å²) >= 11 is 5.94. The number of rotatable bonds is 11. The fraction of sp³-hybridized carbons (Fsp3) is 0.542. The Kier molecular flexibility index (Phi) is 9.33. The molecule has 3 aromatic heterocycles. The standard InChI is InChI=1S/C24H32ClN7O6S/c1-14(2)38-21(22-26-11-17(25)12-27-22)16(4)39(33,34)31-24-30-29-23(18-7-6-8-20(28-18)35-5)32(24)15(3)19-13-36-9-10-37-19/h6-8,11-12,14-16,19,21H,9-10,13H2,1-5H3,(H,30,31)/t15?,16?,19-,21?/m1/s1. The van der Waals surface area contributed by atoms with Gasteiger partial charge in [0.2, 0.25) is 21.9 Å². The Morgan fingerprint density at radius 3 is 2.51 bits per heavy atom. The summed E-state index contributed by atoms with van der Waals surface area (Å²) in [5, 5.41) is 7.68. The maximum absolute atomic E-state index is 13.7. The molecule has 3 aromatic rings. The van der Waals surface area contributed by atoms with E-state index in [4.69, 9.17) is 30.5 Å². The predicted molar refractivity (Wildman–Crippen MR) is 143 cm³/mol. The number of nitrogens with one attached hydrogen (secondary N) is 1. The van der Waals surface area contributed by atoms with Crippen LogP contribution in [0.3, 0.4) is 0 Å². The molecular formula is C24H32ClN7O6S. The van der Waals surface area contributed by atoms with Crippen molar-refractivity contribution in [3.05, 3.63) is 41.4 Å². The van der Waals surface area contributed by atoms with Crippen molar-refractivity contribution in [2.24, 2.45) is 0 Å². The molecule has 0 spiro atoms. The number of halogens is 1. The third-order valence-corrected chi connectivity index (χ3v) is 8.00. The quantitative estimate of drug-likeness (QED) is 0.355. The molecule has 4 rings (SSSR count). The molecule has 15 heteroatoms. The number of hydrogen-bond donors (Lipinski definition) is 1. The first-order valence-corrected chi connectivity index (χ1v) is 14.3. The summed E-state index contributed by atoms with van der Waals surface area (Å²) in [7, 11) is -2.61. The molecule has 0 aliphatic carbocycles. The van der Waals surface area contributed by atoms with Crippen LogP contribution < -0.4 is 9.46 Å². The second kappa shape index (κ2) is 12.5. The third kappa shape index (κ3) is 6.81.